The van der Waals surface area contributed by atoms with Crippen molar-refractivity contribution < 1.29 is 4.39 Å². The van der Waals surface area contributed by atoms with Crippen molar-refractivity contribution in [1.82, 2.24) is 0 Å². The fourth-order valence-corrected chi connectivity index (χ4v) is 2.32. The first-order valence-electron chi connectivity index (χ1n) is 6.38. The highest BCUT2D eigenvalue weighted by molar-refractivity contribution is 6.16. The molecule has 1 aromatic carbocycles. The Morgan fingerprint density at radius 3 is 1.76 bits per heavy atom. The van der Waals surface area contributed by atoms with Gasteiger partial charge in [0.25, 0.3) is 0 Å². The van der Waals surface area contributed by atoms with Gasteiger partial charge < -0.3 is 0 Å². The molecule has 1 rings (SSSR count). The Balaban J connectivity index is 3.66. The van der Waals surface area contributed by atoms with E-state index in [4.69, 9.17) is 0 Å². The highest BCUT2D eigenvalue weighted by Gasteiger charge is 2.31. The molecule has 0 fully saturated rings. The normalized spacial score (nSPS) is 15.1. The van der Waals surface area contributed by atoms with Crippen LogP contribution >= 0.6 is 0 Å². The van der Waals surface area contributed by atoms with Crippen LogP contribution in [0, 0.1) is 39.4 Å². The summed E-state index contributed by atoms with van der Waals surface area (Å²) < 4.78 is 14.6. The van der Waals surface area contributed by atoms with Gasteiger partial charge in [0.2, 0.25) is 0 Å². The van der Waals surface area contributed by atoms with Gasteiger partial charge in [0, 0.05) is 0 Å². The standard InChI is InChI=1S/C15H24BF/c1-8(2)15(7,16)13-11(5)9(3)10(4)12(6)14(13)17/h8H,16H2,1-7H3. The topological polar surface area (TPSA) is 0 Å². The van der Waals surface area contributed by atoms with Crippen molar-refractivity contribution in [2.75, 3.05) is 0 Å². The highest BCUT2D eigenvalue weighted by atomic mass is 19.1. The Labute approximate surface area is 106 Å². The smallest absolute Gasteiger partial charge is 0.129 e. The molecule has 0 nitrogen and oxygen atoms in total. The predicted molar refractivity (Wildman–Crippen MR) is 76.1 cm³/mol. The van der Waals surface area contributed by atoms with Crippen molar-refractivity contribution >= 4 is 7.85 Å². The molecular weight excluding hydrogens is 210 g/mol. The molecule has 0 spiro atoms. The van der Waals surface area contributed by atoms with E-state index in [0.717, 1.165) is 22.3 Å². The lowest BCUT2D eigenvalue weighted by Crippen LogP contribution is -2.32. The number of rotatable bonds is 2. The second-order valence-electron chi connectivity index (χ2n) is 6.07. The summed E-state index contributed by atoms with van der Waals surface area (Å²) in [4.78, 5) is 0. The van der Waals surface area contributed by atoms with E-state index in [1.165, 1.54) is 5.56 Å². The van der Waals surface area contributed by atoms with Crippen molar-refractivity contribution in [2.24, 2.45) is 5.92 Å². The third-order valence-electron chi connectivity index (χ3n) is 4.70. The van der Waals surface area contributed by atoms with E-state index in [1.54, 1.807) is 0 Å². The van der Waals surface area contributed by atoms with Crippen molar-refractivity contribution in [3.05, 3.63) is 33.6 Å². The summed E-state index contributed by atoms with van der Waals surface area (Å²) in [5.41, 5.74) is 5.13. The Bertz CT molecular complexity index is 416. The summed E-state index contributed by atoms with van der Waals surface area (Å²) in [6.07, 6.45) is 0. The zero-order valence-electron chi connectivity index (χ0n) is 12.5. The molecule has 94 valence electrons. The lowest BCUT2D eigenvalue weighted by molar-refractivity contribution is 0.445. The van der Waals surface area contributed by atoms with E-state index in [2.05, 4.69) is 35.5 Å². The Morgan fingerprint density at radius 2 is 1.35 bits per heavy atom. The second kappa shape index (κ2) is 4.47. The fourth-order valence-electron chi connectivity index (χ4n) is 2.32. The molecule has 0 saturated carbocycles. The number of halogens is 1. The van der Waals surface area contributed by atoms with Crippen LogP contribution < -0.4 is 0 Å². The molecule has 0 heterocycles. The quantitative estimate of drug-likeness (QED) is 0.686. The van der Waals surface area contributed by atoms with Crippen LogP contribution in [0.1, 0.15) is 48.6 Å². The van der Waals surface area contributed by atoms with E-state index in [1.807, 2.05) is 20.8 Å². The lowest BCUT2D eigenvalue weighted by atomic mass is 9.57. The van der Waals surface area contributed by atoms with E-state index in [-0.39, 0.29) is 11.1 Å². The van der Waals surface area contributed by atoms with Gasteiger partial charge in [-0.2, -0.15) is 0 Å². The molecule has 1 unspecified atom stereocenters. The van der Waals surface area contributed by atoms with Gasteiger partial charge in [-0.15, -0.1) is 0 Å². The average Bonchev–Trinajstić information content (AvgIpc) is 2.23. The minimum atomic E-state index is -0.128. The maximum absolute atomic E-state index is 14.6. The van der Waals surface area contributed by atoms with Crippen LogP contribution in [0.5, 0.6) is 0 Å². The molecule has 0 bridgehead atoms. The Kier molecular flexibility index (Phi) is 3.76. The molecule has 0 aromatic heterocycles. The van der Waals surface area contributed by atoms with Crippen LogP contribution in [-0.4, -0.2) is 7.85 Å². The maximum atomic E-state index is 14.6. The fraction of sp³-hybridized carbons (Fsp3) is 0.600. The summed E-state index contributed by atoms with van der Waals surface area (Å²) in [5, 5.41) is -0.128. The highest BCUT2D eigenvalue weighted by Crippen LogP contribution is 2.36. The Hall–Kier alpha value is -0.785. The molecule has 0 aliphatic carbocycles. The van der Waals surface area contributed by atoms with Gasteiger partial charge in [-0.25, -0.2) is 4.39 Å². The van der Waals surface area contributed by atoms with Crippen LogP contribution in [0.4, 0.5) is 4.39 Å². The van der Waals surface area contributed by atoms with Crippen LogP contribution in [0.2, 0.25) is 0 Å². The first-order valence-corrected chi connectivity index (χ1v) is 6.38. The SMILES string of the molecule is BC(C)(c1c(C)c(C)c(C)c(C)c1F)C(C)C. The van der Waals surface area contributed by atoms with Gasteiger partial charge in [-0.3, -0.25) is 0 Å². The number of hydrogen-bond acceptors (Lipinski definition) is 0. The van der Waals surface area contributed by atoms with E-state index in [9.17, 15) is 4.39 Å². The molecule has 0 amide bonds. The minimum Gasteiger partial charge on any atom is -0.206 e. The van der Waals surface area contributed by atoms with Crippen molar-refractivity contribution in [2.45, 2.75) is 53.8 Å². The third-order valence-corrected chi connectivity index (χ3v) is 4.70. The summed E-state index contributed by atoms with van der Waals surface area (Å²) in [6, 6.07) is 0. The van der Waals surface area contributed by atoms with Crippen LogP contribution in [0.3, 0.4) is 0 Å². The zero-order valence-corrected chi connectivity index (χ0v) is 12.5. The van der Waals surface area contributed by atoms with Gasteiger partial charge in [-0.05, 0) is 66.7 Å². The van der Waals surface area contributed by atoms with Crippen LogP contribution in [0.25, 0.3) is 0 Å². The van der Waals surface area contributed by atoms with E-state index < -0.39 is 0 Å². The Morgan fingerprint density at radius 1 is 0.941 bits per heavy atom. The van der Waals surface area contributed by atoms with Crippen molar-refractivity contribution in [1.29, 1.82) is 0 Å². The van der Waals surface area contributed by atoms with Gasteiger partial charge in [0.1, 0.15) is 13.7 Å². The second-order valence-corrected chi connectivity index (χ2v) is 6.07. The lowest BCUT2D eigenvalue weighted by Gasteiger charge is -2.33. The number of benzene rings is 1. The third kappa shape index (κ3) is 2.14. The minimum absolute atomic E-state index is 0.00991. The molecule has 0 aliphatic rings. The first-order chi connectivity index (χ1) is 7.62. The molecule has 0 radical (unpaired) electrons. The van der Waals surface area contributed by atoms with Crippen LogP contribution in [0.15, 0.2) is 0 Å². The molecule has 1 aromatic rings. The predicted octanol–water partition coefficient (Wildman–Crippen LogP) is 3.56. The monoisotopic (exact) mass is 234 g/mol. The molecular formula is C15H24BF. The molecule has 0 aliphatic heterocycles. The first kappa shape index (κ1) is 14.3. The zero-order chi connectivity index (χ0) is 13.5. The summed E-state index contributed by atoms with van der Waals surface area (Å²) in [6.45, 7) is 14.5. The largest absolute Gasteiger partial charge is 0.206 e. The molecule has 17 heavy (non-hydrogen) atoms. The molecule has 0 saturated heterocycles. The maximum Gasteiger partial charge on any atom is 0.129 e. The summed E-state index contributed by atoms with van der Waals surface area (Å²) >= 11 is 0. The summed E-state index contributed by atoms with van der Waals surface area (Å²) in [7, 11) is 2.14. The molecule has 1 atom stereocenters. The molecule has 2 heteroatoms. The van der Waals surface area contributed by atoms with Gasteiger partial charge in [-0.1, -0.05) is 20.8 Å². The van der Waals surface area contributed by atoms with Crippen molar-refractivity contribution in [3.63, 3.8) is 0 Å². The van der Waals surface area contributed by atoms with Crippen molar-refractivity contribution in [3.8, 4) is 0 Å². The van der Waals surface area contributed by atoms with E-state index in [0.29, 0.717) is 5.92 Å². The van der Waals surface area contributed by atoms with Gasteiger partial charge >= 0.3 is 0 Å². The van der Waals surface area contributed by atoms with Gasteiger partial charge in [0.15, 0.2) is 0 Å². The average molecular weight is 234 g/mol. The van der Waals surface area contributed by atoms with Gasteiger partial charge in [0.05, 0.1) is 0 Å². The summed E-state index contributed by atoms with van der Waals surface area (Å²) in [5.74, 6) is 0.404. The number of hydrogen-bond donors (Lipinski definition) is 0. The molecule has 0 N–H and O–H groups in total. The van der Waals surface area contributed by atoms with E-state index >= 15 is 0 Å². The van der Waals surface area contributed by atoms with Crippen LogP contribution in [-0.2, 0) is 5.31 Å².